The molecule has 1 aliphatic carbocycles. The summed E-state index contributed by atoms with van der Waals surface area (Å²) in [4.78, 5) is 0. The maximum Gasteiger partial charge on any atom is 0.211 e. The van der Waals surface area contributed by atoms with Crippen LogP contribution in [0.2, 0.25) is 0 Å². The highest BCUT2D eigenvalue weighted by atomic mass is 32.2. The summed E-state index contributed by atoms with van der Waals surface area (Å²) in [5.41, 5.74) is 0.0475. The highest BCUT2D eigenvalue weighted by Gasteiger charge is 2.49. The second-order valence-electron chi connectivity index (χ2n) is 4.37. The normalized spacial score (nSPS) is 28.7. The minimum atomic E-state index is -2.94. The predicted molar refractivity (Wildman–Crippen MR) is 52.0 cm³/mol. The monoisotopic (exact) mass is 203 g/mol. The fourth-order valence-corrected chi connectivity index (χ4v) is 4.15. The van der Waals surface area contributed by atoms with Crippen LogP contribution in [-0.2, 0) is 10.0 Å². The van der Waals surface area contributed by atoms with E-state index < -0.39 is 10.0 Å². The van der Waals surface area contributed by atoms with Crippen LogP contribution in [-0.4, -0.2) is 31.1 Å². The van der Waals surface area contributed by atoms with E-state index in [2.05, 4.69) is 0 Å². The molecule has 1 aliphatic heterocycles. The molecule has 0 aromatic rings. The Morgan fingerprint density at radius 2 is 1.69 bits per heavy atom. The van der Waals surface area contributed by atoms with Crippen molar-refractivity contribution in [1.29, 1.82) is 0 Å². The first kappa shape index (κ1) is 9.46. The van der Waals surface area contributed by atoms with Gasteiger partial charge in [0.2, 0.25) is 10.0 Å². The van der Waals surface area contributed by atoms with Crippen molar-refractivity contribution in [3.8, 4) is 0 Å². The Hall–Kier alpha value is -0.0900. The molecule has 0 aromatic heterocycles. The van der Waals surface area contributed by atoms with E-state index in [9.17, 15) is 8.42 Å². The lowest BCUT2D eigenvalue weighted by molar-refractivity contribution is 0.0340. The quantitative estimate of drug-likeness (QED) is 0.645. The first-order valence-electron chi connectivity index (χ1n) is 5.02. The molecule has 0 unspecified atom stereocenters. The second kappa shape index (κ2) is 2.95. The van der Waals surface area contributed by atoms with Crippen molar-refractivity contribution in [3.63, 3.8) is 0 Å². The SMILES string of the molecule is CS(=O)(=O)N1CCC12CCCCC2. The second-order valence-corrected chi connectivity index (χ2v) is 6.28. The van der Waals surface area contributed by atoms with E-state index in [4.69, 9.17) is 0 Å². The molecule has 0 atom stereocenters. The third-order valence-corrected chi connectivity index (χ3v) is 4.86. The largest absolute Gasteiger partial charge is 0.212 e. The van der Waals surface area contributed by atoms with Gasteiger partial charge in [-0.05, 0) is 19.3 Å². The van der Waals surface area contributed by atoms with E-state index in [0.29, 0.717) is 0 Å². The van der Waals surface area contributed by atoms with E-state index in [1.807, 2.05) is 0 Å². The summed E-state index contributed by atoms with van der Waals surface area (Å²) < 4.78 is 24.5. The van der Waals surface area contributed by atoms with Crippen molar-refractivity contribution in [2.75, 3.05) is 12.8 Å². The Bertz CT molecular complexity index is 291. The molecular formula is C9H17NO2S. The van der Waals surface area contributed by atoms with Gasteiger partial charge >= 0.3 is 0 Å². The molecule has 13 heavy (non-hydrogen) atoms. The molecule has 1 saturated carbocycles. The van der Waals surface area contributed by atoms with E-state index in [0.717, 1.165) is 25.8 Å². The lowest BCUT2D eigenvalue weighted by Crippen LogP contribution is -2.62. The molecule has 0 amide bonds. The molecule has 76 valence electrons. The molecule has 2 fully saturated rings. The first-order valence-corrected chi connectivity index (χ1v) is 6.87. The third-order valence-electron chi connectivity index (χ3n) is 3.49. The fourth-order valence-electron chi connectivity index (χ4n) is 2.75. The third kappa shape index (κ3) is 1.50. The smallest absolute Gasteiger partial charge is 0.211 e. The highest BCUT2D eigenvalue weighted by molar-refractivity contribution is 7.88. The van der Waals surface area contributed by atoms with Gasteiger partial charge in [0.15, 0.2) is 0 Å². The molecular weight excluding hydrogens is 186 g/mol. The van der Waals surface area contributed by atoms with Crippen molar-refractivity contribution in [2.24, 2.45) is 0 Å². The molecule has 0 radical (unpaired) electrons. The van der Waals surface area contributed by atoms with Gasteiger partial charge in [-0.15, -0.1) is 0 Å². The zero-order valence-electron chi connectivity index (χ0n) is 8.12. The van der Waals surface area contributed by atoms with E-state index in [1.165, 1.54) is 25.5 Å². The van der Waals surface area contributed by atoms with E-state index >= 15 is 0 Å². The summed E-state index contributed by atoms with van der Waals surface area (Å²) in [6.45, 7) is 0.749. The van der Waals surface area contributed by atoms with Gasteiger partial charge in [-0.25, -0.2) is 8.42 Å². The van der Waals surface area contributed by atoms with Crippen molar-refractivity contribution in [2.45, 2.75) is 44.1 Å². The summed E-state index contributed by atoms with van der Waals surface area (Å²) in [6, 6.07) is 0. The standard InChI is InChI=1S/C9H17NO2S/c1-13(11,12)10-8-7-9(10)5-3-2-4-6-9/h2-8H2,1H3. The number of hydrogen-bond acceptors (Lipinski definition) is 2. The van der Waals surface area contributed by atoms with Gasteiger partial charge in [-0.1, -0.05) is 19.3 Å². The molecule has 2 aliphatic rings. The Kier molecular flexibility index (Phi) is 2.15. The van der Waals surface area contributed by atoms with E-state index in [1.54, 1.807) is 4.31 Å². The van der Waals surface area contributed by atoms with Crippen LogP contribution < -0.4 is 0 Å². The van der Waals surface area contributed by atoms with Crippen LogP contribution in [0, 0.1) is 0 Å². The van der Waals surface area contributed by atoms with Crippen LogP contribution in [0.15, 0.2) is 0 Å². The minimum Gasteiger partial charge on any atom is -0.212 e. The first-order chi connectivity index (χ1) is 6.05. The van der Waals surface area contributed by atoms with Gasteiger partial charge < -0.3 is 0 Å². The van der Waals surface area contributed by atoms with Crippen molar-refractivity contribution in [3.05, 3.63) is 0 Å². The Morgan fingerprint density at radius 1 is 1.08 bits per heavy atom. The van der Waals surface area contributed by atoms with Crippen LogP contribution in [0.5, 0.6) is 0 Å². The molecule has 0 bridgehead atoms. The molecule has 0 N–H and O–H groups in total. The topological polar surface area (TPSA) is 37.4 Å². The fraction of sp³-hybridized carbons (Fsp3) is 1.00. The summed E-state index contributed by atoms with van der Waals surface area (Å²) in [7, 11) is -2.94. The molecule has 1 saturated heterocycles. The molecule has 3 nitrogen and oxygen atoms in total. The molecule has 1 spiro atoms. The lowest BCUT2D eigenvalue weighted by Gasteiger charge is -2.53. The Labute approximate surface area is 80.2 Å². The van der Waals surface area contributed by atoms with Crippen LogP contribution in [0.3, 0.4) is 0 Å². The average Bonchev–Trinajstić information content (AvgIpc) is 2.01. The summed E-state index contributed by atoms with van der Waals surface area (Å²) in [5.74, 6) is 0. The lowest BCUT2D eigenvalue weighted by atomic mass is 9.75. The van der Waals surface area contributed by atoms with Crippen molar-refractivity contribution in [1.82, 2.24) is 4.31 Å². The Balaban J connectivity index is 2.16. The van der Waals surface area contributed by atoms with Gasteiger partial charge in [0.05, 0.1) is 6.26 Å². The minimum absolute atomic E-state index is 0.0475. The molecule has 4 heteroatoms. The van der Waals surface area contributed by atoms with Gasteiger partial charge in [0.1, 0.15) is 0 Å². The molecule has 2 rings (SSSR count). The number of nitrogens with zero attached hydrogens (tertiary/aromatic N) is 1. The van der Waals surface area contributed by atoms with Gasteiger partial charge in [-0.2, -0.15) is 4.31 Å². The number of sulfonamides is 1. The molecule has 1 heterocycles. The maximum absolute atomic E-state index is 11.4. The summed E-state index contributed by atoms with van der Waals surface area (Å²) in [6.07, 6.45) is 8.26. The van der Waals surface area contributed by atoms with Crippen LogP contribution >= 0.6 is 0 Å². The highest BCUT2D eigenvalue weighted by Crippen LogP contribution is 2.44. The maximum atomic E-state index is 11.4. The average molecular weight is 203 g/mol. The Morgan fingerprint density at radius 3 is 2.08 bits per heavy atom. The summed E-state index contributed by atoms with van der Waals surface area (Å²) in [5, 5.41) is 0. The van der Waals surface area contributed by atoms with E-state index in [-0.39, 0.29) is 5.54 Å². The molecule has 0 aromatic carbocycles. The zero-order valence-corrected chi connectivity index (χ0v) is 8.94. The number of rotatable bonds is 1. The van der Waals surface area contributed by atoms with Crippen LogP contribution in [0.1, 0.15) is 38.5 Å². The van der Waals surface area contributed by atoms with Gasteiger partial charge in [-0.3, -0.25) is 0 Å². The van der Waals surface area contributed by atoms with Crippen LogP contribution in [0.4, 0.5) is 0 Å². The zero-order chi connectivity index (χ0) is 9.53. The van der Waals surface area contributed by atoms with Crippen molar-refractivity contribution < 1.29 is 8.42 Å². The van der Waals surface area contributed by atoms with Crippen molar-refractivity contribution >= 4 is 10.0 Å². The number of hydrogen-bond donors (Lipinski definition) is 0. The van der Waals surface area contributed by atoms with Crippen LogP contribution in [0.25, 0.3) is 0 Å². The van der Waals surface area contributed by atoms with Gasteiger partial charge in [0, 0.05) is 12.1 Å². The predicted octanol–water partition coefficient (Wildman–Crippen LogP) is 1.35. The summed E-state index contributed by atoms with van der Waals surface area (Å²) >= 11 is 0. The van der Waals surface area contributed by atoms with Gasteiger partial charge in [0.25, 0.3) is 0 Å².